The van der Waals surface area contributed by atoms with Crippen LogP contribution in [0.5, 0.6) is 0 Å². The highest BCUT2D eigenvalue weighted by Gasteiger charge is 2.08. The molecule has 1 aromatic rings. The van der Waals surface area contributed by atoms with Crippen LogP contribution in [-0.2, 0) is 6.54 Å². The highest BCUT2D eigenvalue weighted by Crippen LogP contribution is 2.15. The highest BCUT2D eigenvalue weighted by molar-refractivity contribution is 6.31. The first-order valence-corrected chi connectivity index (χ1v) is 6.34. The van der Waals surface area contributed by atoms with Crippen LogP contribution in [0.2, 0.25) is 5.02 Å². The molecule has 0 fully saturated rings. The van der Waals surface area contributed by atoms with Gasteiger partial charge in [-0.05, 0) is 30.5 Å². The van der Waals surface area contributed by atoms with Crippen LogP contribution in [0.1, 0.15) is 24.5 Å². The van der Waals surface area contributed by atoms with Gasteiger partial charge in [0.1, 0.15) is 0 Å². The summed E-state index contributed by atoms with van der Waals surface area (Å²) in [5.74, 6) is 0. The zero-order valence-corrected chi connectivity index (χ0v) is 11.4. The van der Waals surface area contributed by atoms with E-state index in [1.54, 1.807) is 0 Å². The van der Waals surface area contributed by atoms with Crippen LogP contribution >= 0.6 is 11.6 Å². The summed E-state index contributed by atoms with van der Waals surface area (Å²) in [5.41, 5.74) is 1.97. The number of aliphatic hydroxyl groups excluding tert-OH is 1. The zero-order chi connectivity index (χ0) is 13.5. The largest absolute Gasteiger partial charge is 0.394 e. The molecule has 0 saturated heterocycles. The van der Waals surface area contributed by atoms with Gasteiger partial charge in [-0.3, -0.25) is 0 Å². The van der Waals surface area contributed by atoms with E-state index in [9.17, 15) is 4.79 Å². The van der Waals surface area contributed by atoms with Crippen molar-refractivity contribution in [2.45, 2.75) is 32.9 Å². The molecule has 100 valence electrons. The number of hydrogen-bond acceptors (Lipinski definition) is 2. The van der Waals surface area contributed by atoms with Gasteiger partial charge in [-0.25, -0.2) is 4.79 Å². The van der Waals surface area contributed by atoms with E-state index in [0.717, 1.165) is 16.1 Å². The summed E-state index contributed by atoms with van der Waals surface area (Å²) in [7, 11) is 0. The molecule has 18 heavy (non-hydrogen) atoms. The molecule has 0 spiro atoms. The quantitative estimate of drug-likeness (QED) is 0.768. The topological polar surface area (TPSA) is 61.4 Å². The number of urea groups is 1. The summed E-state index contributed by atoms with van der Waals surface area (Å²) in [4.78, 5) is 11.5. The van der Waals surface area contributed by atoms with Crippen LogP contribution in [0, 0.1) is 6.92 Å². The fraction of sp³-hybridized carbons (Fsp3) is 0.462. The Kier molecular flexibility index (Phi) is 5.95. The Morgan fingerprint density at radius 1 is 1.50 bits per heavy atom. The fourth-order valence-corrected chi connectivity index (χ4v) is 1.63. The van der Waals surface area contributed by atoms with Gasteiger partial charge in [-0.1, -0.05) is 30.7 Å². The third-order valence-corrected chi connectivity index (χ3v) is 3.15. The summed E-state index contributed by atoms with van der Waals surface area (Å²) in [6.07, 6.45) is 0.698. The molecule has 0 saturated carbocycles. The summed E-state index contributed by atoms with van der Waals surface area (Å²) in [5, 5.41) is 15.1. The number of benzene rings is 1. The van der Waals surface area contributed by atoms with Crippen LogP contribution in [0.4, 0.5) is 4.79 Å². The SMILES string of the molecule is CCC(CO)NC(=O)NCc1ccc(Cl)c(C)c1. The Hall–Kier alpha value is -1.26. The average molecular weight is 271 g/mol. The lowest BCUT2D eigenvalue weighted by Gasteiger charge is -2.14. The molecule has 5 heteroatoms. The number of carbonyl (C=O) groups excluding carboxylic acids is 1. The third-order valence-electron chi connectivity index (χ3n) is 2.72. The van der Waals surface area contributed by atoms with Gasteiger partial charge < -0.3 is 15.7 Å². The van der Waals surface area contributed by atoms with Crippen LogP contribution in [-0.4, -0.2) is 23.8 Å². The maximum atomic E-state index is 11.5. The van der Waals surface area contributed by atoms with Crippen molar-refractivity contribution in [1.29, 1.82) is 0 Å². The van der Waals surface area contributed by atoms with E-state index in [-0.39, 0.29) is 18.7 Å². The molecule has 0 aromatic heterocycles. The monoisotopic (exact) mass is 270 g/mol. The van der Waals surface area contributed by atoms with Gasteiger partial charge in [0.2, 0.25) is 0 Å². The molecule has 0 bridgehead atoms. The van der Waals surface area contributed by atoms with Crippen LogP contribution in [0.15, 0.2) is 18.2 Å². The second-order valence-corrected chi connectivity index (χ2v) is 4.61. The van der Waals surface area contributed by atoms with Crippen molar-refractivity contribution < 1.29 is 9.90 Å². The number of nitrogens with one attached hydrogen (secondary N) is 2. The Morgan fingerprint density at radius 3 is 2.78 bits per heavy atom. The fourth-order valence-electron chi connectivity index (χ4n) is 1.51. The Balaban J connectivity index is 2.44. The number of halogens is 1. The molecule has 4 nitrogen and oxygen atoms in total. The molecule has 1 aromatic carbocycles. The van der Waals surface area contributed by atoms with Crippen LogP contribution < -0.4 is 10.6 Å². The summed E-state index contributed by atoms with van der Waals surface area (Å²) in [6, 6.07) is 5.15. The smallest absolute Gasteiger partial charge is 0.315 e. The number of aryl methyl sites for hydroxylation is 1. The molecule has 0 aliphatic carbocycles. The number of rotatable bonds is 5. The minimum Gasteiger partial charge on any atom is -0.394 e. The highest BCUT2D eigenvalue weighted by atomic mass is 35.5. The first-order chi connectivity index (χ1) is 8.56. The van der Waals surface area contributed by atoms with Crippen LogP contribution in [0.25, 0.3) is 0 Å². The molecule has 1 atom stereocenters. The van der Waals surface area contributed by atoms with E-state index in [4.69, 9.17) is 16.7 Å². The van der Waals surface area contributed by atoms with Gasteiger partial charge in [-0.15, -0.1) is 0 Å². The number of carbonyl (C=O) groups is 1. The molecule has 1 rings (SSSR count). The molecule has 0 aliphatic rings. The van der Waals surface area contributed by atoms with Gasteiger partial charge in [0.05, 0.1) is 12.6 Å². The zero-order valence-electron chi connectivity index (χ0n) is 10.7. The first-order valence-electron chi connectivity index (χ1n) is 5.97. The van der Waals surface area contributed by atoms with E-state index in [0.29, 0.717) is 13.0 Å². The number of aliphatic hydroxyl groups is 1. The number of amides is 2. The second kappa shape index (κ2) is 7.24. The van der Waals surface area contributed by atoms with Crippen LogP contribution in [0.3, 0.4) is 0 Å². The van der Waals surface area contributed by atoms with Crippen molar-refractivity contribution in [2.75, 3.05) is 6.61 Å². The first kappa shape index (κ1) is 14.8. The lowest BCUT2D eigenvalue weighted by molar-refractivity contribution is 0.214. The standard InChI is InChI=1S/C13H19ClN2O2/c1-3-11(8-17)16-13(18)15-7-10-4-5-12(14)9(2)6-10/h4-6,11,17H,3,7-8H2,1-2H3,(H2,15,16,18). The van der Waals surface area contributed by atoms with Crippen molar-refractivity contribution in [3.05, 3.63) is 34.3 Å². The molecule has 0 aliphatic heterocycles. The van der Waals surface area contributed by atoms with Gasteiger partial charge in [-0.2, -0.15) is 0 Å². The lowest BCUT2D eigenvalue weighted by Crippen LogP contribution is -2.43. The molecule has 2 amide bonds. The minimum absolute atomic E-state index is 0.0516. The van der Waals surface area contributed by atoms with Crippen molar-refractivity contribution in [2.24, 2.45) is 0 Å². The Labute approximate surface area is 112 Å². The third kappa shape index (κ3) is 4.55. The normalized spacial score (nSPS) is 12.0. The van der Waals surface area contributed by atoms with Crippen molar-refractivity contribution in [1.82, 2.24) is 10.6 Å². The Morgan fingerprint density at radius 2 is 2.22 bits per heavy atom. The van der Waals surface area contributed by atoms with E-state index in [1.165, 1.54) is 0 Å². The van der Waals surface area contributed by atoms with Crippen molar-refractivity contribution in [3.63, 3.8) is 0 Å². The summed E-state index contributed by atoms with van der Waals surface area (Å²) in [6.45, 7) is 4.21. The maximum absolute atomic E-state index is 11.5. The van der Waals surface area contributed by atoms with Crippen molar-refractivity contribution in [3.8, 4) is 0 Å². The van der Waals surface area contributed by atoms with E-state index in [1.807, 2.05) is 32.0 Å². The molecule has 0 radical (unpaired) electrons. The molecular weight excluding hydrogens is 252 g/mol. The number of hydrogen-bond donors (Lipinski definition) is 3. The summed E-state index contributed by atoms with van der Waals surface area (Å²) >= 11 is 5.92. The predicted molar refractivity (Wildman–Crippen MR) is 72.7 cm³/mol. The van der Waals surface area contributed by atoms with Gasteiger partial charge >= 0.3 is 6.03 Å². The lowest BCUT2D eigenvalue weighted by atomic mass is 10.1. The van der Waals surface area contributed by atoms with Gasteiger partial charge in [0, 0.05) is 11.6 Å². The van der Waals surface area contributed by atoms with Crippen molar-refractivity contribution >= 4 is 17.6 Å². The molecule has 0 heterocycles. The van der Waals surface area contributed by atoms with E-state index < -0.39 is 0 Å². The second-order valence-electron chi connectivity index (χ2n) is 4.20. The average Bonchev–Trinajstić information content (AvgIpc) is 2.37. The molecule has 1 unspecified atom stereocenters. The van der Waals surface area contributed by atoms with Gasteiger partial charge in [0.25, 0.3) is 0 Å². The predicted octanol–water partition coefficient (Wildman–Crippen LogP) is 2.22. The van der Waals surface area contributed by atoms with E-state index in [2.05, 4.69) is 10.6 Å². The molecule has 3 N–H and O–H groups in total. The molecular formula is C13H19ClN2O2. The maximum Gasteiger partial charge on any atom is 0.315 e. The summed E-state index contributed by atoms with van der Waals surface area (Å²) < 4.78 is 0. The van der Waals surface area contributed by atoms with Gasteiger partial charge in [0.15, 0.2) is 0 Å². The minimum atomic E-state index is -0.275. The Bertz CT molecular complexity index is 406. The van der Waals surface area contributed by atoms with E-state index >= 15 is 0 Å².